The molecule has 0 fully saturated rings. The molecule has 0 spiro atoms. The van der Waals surface area contributed by atoms with E-state index < -0.39 is 12.7 Å². The van der Waals surface area contributed by atoms with Gasteiger partial charge in [-0.2, -0.15) is 8.78 Å². The lowest BCUT2D eigenvalue weighted by Gasteiger charge is -2.10. The van der Waals surface area contributed by atoms with E-state index in [1.165, 1.54) is 29.1 Å². The first kappa shape index (κ1) is 14.7. The van der Waals surface area contributed by atoms with Gasteiger partial charge in [0.15, 0.2) is 0 Å². The lowest BCUT2D eigenvalue weighted by atomic mass is 10.2. The van der Waals surface area contributed by atoms with E-state index in [1.807, 2.05) is 0 Å². The van der Waals surface area contributed by atoms with Crippen LogP contribution < -0.4 is 4.74 Å². The van der Waals surface area contributed by atoms with E-state index in [-0.39, 0.29) is 12.3 Å². The fraction of sp³-hybridized carbons (Fsp3) is 0.333. The first-order chi connectivity index (χ1) is 9.45. The van der Waals surface area contributed by atoms with Gasteiger partial charge in [-0.05, 0) is 25.1 Å². The molecule has 108 valence electrons. The summed E-state index contributed by atoms with van der Waals surface area (Å²) in [5.74, 6) is 0.0264. The maximum Gasteiger partial charge on any atom is 0.387 e. The fourth-order valence-electron chi connectivity index (χ4n) is 1.64. The number of rotatable bonds is 5. The molecule has 1 unspecified atom stereocenters. The van der Waals surface area contributed by atoms with Gasteiger partial charge in [-0.3, -0.25) is 0 Å². The number of aliphatic hydroxyl groups is 1. The normalized spacial score (nSPS) is 12.7. The van der Waals surface area contributed by atoms with Crippen LogP contribution in [-0.2, 0) is 6.54 Å². The van der Waals surface area contributed by atoms with Crippen molar-refractivity contribution in [1.29, 1.82) is 0 Å². The van der Waals surface area contributed by atoms with Gasteiger partial charge >= 0.3 is 6.61 Å². The third kappa shape index (κ3) is 3.64. The second-order valence-corrected chi connectivity index (χ2v) is 4.58. The van der Waals surface area contributed by atoms with Crippen molar-refractivity contribution in [2.45, 2.75) is 26.2 Å². The number of alkyl halides is 2. The Morgan fingerprint density at radius 2 is 2.20 bits per heavy atom. The van der Waals surface area contributed by atoms with E-state index in [9.17, 15) is 13.9 Å². The number of benzene rings is 1. The van der Waals surface area contributed by atoms with E-state index >= 15 is 0 Å². The molecule has 1 aromatic heterocycles. The minimum Gasteiger partial charge on any atom is -0.434 e. The maximum atomic E-state index is 12.3. The molecular weight excluding hydrogens is 292 g/mol. The standard InChI is InChI=1S/C12H12ClF2N3O2/c1-7(19)10-6-18(17-16-10)5-8-4-9(13)2-3-11(8)20-12(14)15/h2-4,6-7,12,19H,5H2,1H3. The van der Waals surface area contributed by atoms with Gasteiger partial charge in [0.1, 0.15) is 11.4 Å². The predicted molar refractivity (Wildman–Crippen MR) is 67.8 cm³/mol. The summed E-state index contributed by atoms with van der Waals surface area (Å²) in [4.78, 5) is 0. The van der Waals surface area contributed by atoms with Crippen molar-refractivity contribution in [2.75, 3.05) is 0 Å². The highest BCUT2D eigenvalue weighted by Gasteiger charge is 2.12. The highest BCUT2D eigenvalue weighted by atomic mass is 35.5. The molecule has 0 amide bonds. The van der Waals surface area contributed by atoms with Crippen molar-refractivity contribution >= 4 is 11.6 Å². The fourth-order valence-corrected chi connectivity index (χ4v) is 1.83. The molecule has 1 heterocycles. The molecule has 20 heavy (non-hydrogen) atoms. The van der Waals surface area contributed by atoms with Gasteiger partial charge in [-0.1, -0.05) is 16.8 Å². The Kier molecular flexibility index (Phi) is 4.51. The topological polar surface area (TPSA) is 60.2 Å². The number of ether oxygens (including phenoxy) is 1. The predicted octanol–water partition coefficient (Wildman–Crippen LogP) is 2.63. The second kappa shape index (κ2) is 6.15. The van der Waals surface area contributed by atoms with Gasteiger partial charge in [0.05, 0.1) is 18.8 Å². The molecule has 8 heteroatoms. The average Bonchev–Trinajstić information content (AvgIpc) is 2.81. The van der Waals surface area contributed by atoms with Crippen LogP contribution in [0.4, 0.5) is 8.78 Å². The Balaban J connectivity index is 2.24. The molecule has 0 aliphatic carbocycles. The number of halogens is 3. The largest absolute Gasteiger partial charge is 0.434 e. The van der Waals surface area contributed by atoms with E-state index in [0.717, 1.165) is 0 Å². The average molecular weight is 304 g/mol. The zero-order valence-electron chi connectivity index (χ0n) is 10.5. The summed E-state index contributed by atoms with van der Waals surface area (Å²) in [5, 5.41) is 17.3. The summed E-state index contributed by atoms with van der Waals surface area (Å²) in [6.07, 6.45) is 0.775. The van der Waals surface area contributed by atoms with Crippen molar-refractivity contribution < 1.29 is 18.6 Å². The van der Waals surface area contributed by atoms with E-state index in [1.54, 1.807) is 6.92 Å². The summed E-state index contributed by atoms with van der Waals surface area (Å²) in [6.45, 7) is -1.21. The van der Waals surface area contributed by atoms with Gasteiger partial charge in [-0.25, -0.2) is 4.68 Å². The van der Waals surface area contributed by atoms with Crippen LogP contribution in [-0.4, -0.2) is 26.7 Å². The number of aromatic nitrogens is 3. The monoisotopic (exact) mass is 303 g/mol. The molecule has 1 aromatic carbocycles. The SMILES string of the molecule is CC(O)c1cn(Cc2cc(Cl)ccc2OC(F)F)nn1. The molecule has 0 saturated carbocycles. The quantitative estimate of drug-likeness (QED) is 0.922. The lowest BCUT2D eigenvalue weighted by Crippen LogP contribution is -2.07. The van der Waals surface area contributed by atoms with Crippen LogP contribution in [0.5, 0.6) is 5.75 Å². The summed E-state index contributed by atoms with van der Waals surface area (Å²) in [7, 11) is 0. The third-order valence-electron chi connectivity index (χ3n) is 2.56. The van der Waals surface area contributed by atoms with E-state index in [2.05, 4.69) is 15.0 Å². The molecule has 0 bridgehead atoms. The Morgan fingerprint density at radius 1 is 1.45 bits per heavy atom. The van der Waals surface area contributed by atoms with Crippen LogP contribution >= 0.6 is 11.6 Å². The molecule has 5 nitrogen and oxygen atoms in total. The van der Waals surface area contributed by atoms with Crippen molar-refractivity contribution in [3.63, 3.8) is 0 Å². The zero-order valence-corrected chi connectivity index (χ0v) is 11.3. The molecular formula is C12H12ClF2N3O2. The van der Waals surface area contributed by atoms with Gasteiger partial charge in [-0.15, -0.1) is 5.10 Å². The van der Waals surface area contributed by atoms with Crippen LogP contribution in [0.3, 0.4) is 0 Å². The van der Waals surface area contributed by atoms with Gasteiger partial charge in [0.2, 0.25) is 0 Å². The van der Waals surface area contributed by atoms with E-state index in [4.69, 9.17) is 11.6 Å². The maximum absolute atomic E-state index is 12.3. The Morgan fingerprint density at radius 3 is 2.80 bits per heavy atom. The zero-order chi connectivity index (χ0) is 14.7. The molecule has 0 radical (unpaired) electrons. The van der Waals surface area contributed by atoms with Crippen molar-refractivity contribution in [2.24, 2.45) is 0 Å². The molecule has 0 aliphatic rings. The molecule has 0 saturated heterocycles. The lowest BCUT2D eigenvalue weighted by molar-refractivity contribution is -0.0505. The summed E-state index contributed by atoms with van der Waals surface area (Å²) in [5.41, 5.74) is 0.836. The van der Waals surface area contributed by atoms with E-state index in [0.29, 0.717) is 16.3 Å². The second-order valence-electron chi connectivity index (χ2n) is 4.15. The van der Waals surface area contributed by atoms with Gasteiger partial charge in [0, 0.05) is 10.6 Å². The molecule has 2 aromatic rings. The van der Waals surface area contributed by atoms with Crippen LogP contribution in [0.2, 0.25) is 5.02 Å². The molecule has 1 atom stereocenters. The number of aliphatic hydroxyl groups excluding tert-OH is 1. The minimum absolute atomic E-state index is 0.0264. The molecule has 0 aliphatic heterocycles. The van der Waals surface area contributed by atoms with Crippen molar-refractivity contribution in [3.05, 3.63) is 40.7 Å². The summed E-state index contributed by atoms with van der Waals surface area (Å²) < 4.78 is 30.5. The highest BCUT2D eigenvalue weighted by Crippen LogP contribution is 2.25. The number of hydrogen-bond donors (Lipinski definition) is 1. The van der Waals surface area contributed by atoms with Crippen LogP contribution in [0.1, 0.15) is 24.3 Å². The summed E-state index contributed by atoms with van der Waals surface area (Å²) in [6, 6.07) is 4.35. The van der Waals surface area contributed by atoms with Crippen molar-refractivity contribution in [1.82, 2.24) is 15.0 Å². The van der Waals surface area contributed by atoms with Gasteiger partial charge < -0.3 is 9.84 Å². The molecule has 2 rings (SSSR count). The molecule has 1 N–H and O–H groups in total. The Bertz CT molecular complexity index is 590. The number of nitrogens with zero attached hydrogens (tertiary/aromatic N) is 3. The highest BCUT2D eigenvalue weighted by molar-refractivity contribution is 6.30. The van der Waals surface area contributed by atoms with Crippen LogP contribution in [0, 0.1) is 0 Å². The van der Waals surface area contributed by atoms with Crippen LogP contribution in [0.15, 0.2) is 24.4 Å². The first-order valence-corrected chi connectivity index (χ1v) is 6.15. The Labute approximate surface area is 118 Å². The Hall–Kier alpha value is -1.73. The minimum atomic E-state index is -2.92. The smallest absolute Gasteiger partial charge is 0.387 e. The van der Waals surface area contributed by atoms with Crippen LogP contribution in [0.25, 0.3) is 0 Å². The third-order valence-corrected chi connectivity index (χ3v) is 2.79. The number of hydrogen-bond acceptors (Lipinski definition) is 4. The van der Waals surface area contributed by atoms with Crippen molar-refractivity contribution in [3.8, 4) is 5.75 Å². The first-order valence-electron chi connectivity index (χ1n) is 5.77. The van der Waals surface area contributed by atoms with Gasteiger partial charge in [0.25, 0.3) is 0 Å². The summed E-state index contributed by atoms with van der Waals surface area (Å²) >= 11 is 5.85.